The van der Waals surface area contributed by atoms with Gasteiger partial charge in [0.05, 0.1) is 0 Å². The normalized spacial score (nSPS) is 12.5. The first-order valence-electron chi connectivity index (χ1n) is 3.41. The van der Waals surface area contributed by atoms with Gasteiger partial charge in [-0.2, -0.15) is 0 Å². The molecule has 1 aromatic rings. The van der Waals surface area contributed by atoms with Crippen molar-refractivity contribution in [3.63, 3.8) is 0 Å². The molecule has 0 fully saturated rings. The molecule has 0 spiro atoms. The van der Waals surface area contributed by atoms with Crippen LogP contribution in [0.5, 0.6) is 5.75 Å². The molecule has 58 valence electrons. The van der Waals surface area contributed by atoms with Gasteiger partial charge >= 0.3 is 0 Å². The highest BCUT2D eigenvalue weighted by Crippen LogP contribution is 2.14. The molecule has 0 bridgehead atoms. The summed E-state index contributed by atoms with van der Waals surface area (Å²) in [5.41, 5.74) is 6.60. The van der Waals surface area contributed by atoms with Crippen molar-refractivity contribution in [2.24, 2.45) is 5.73 Å². The molecule has 0 aliphatic heterocycles. The van der Waals surface area contributed by atoms with E-state index < -0.39 is 0 Å². The van der Waals surface area contributed by atoms with Gasteiger partial charge < -0.3 is 10.8 Å². The van der Waals surface area contributed by atoms with E-state index in [1.165, 1.54) is 0 Å². The summed E-state index contributed by atoms with van der Waals surface area (Å²) in [4.78, 5) is 0. The first kappa shape index (κ1) is 7.82. The van der Waals surface area contributed by atoms with Crippen molar-refractivity contribution >= 4 is 0 Å². The van der Waals surface area contributed by atoms with Crippen LogP contribution in [-0.4, -0.2) is 5.11 Å². The van der Waals surface area contributed by atoms with Crippen LogP contribution in [0.4, 0.5) is 0 Å². The summed E-state index contributed by atoms with van der Waals surface area (Å²) in [6.07, 6.45) is 1.66. The van der Waals surface area contributed by atoms with Gasteiger partial charge in [-0.1, -0.05) is 18.2 Å². The predicted octanol–water partition coefficient (Wildman–Crippen LogP) is 1.58. The first-order valence-corrected chi connectivity index (χ1v) is 3.41. The van der Waals surface area contributed by atoms with E-state index in [2.05, 4.69) is 6.58 Å². The van der Waals surface area contributed by atoms with Gasteiger partial charge in [-0.3, -0.25) is 0 Å². The Morgan fingerprint density at radius 2 is 1.91 bits per heavy atom. The SMILES string of the molecule is C=C[C@@H](N)c1ccc(O)cc1. The molecule has 0 amide bonds. The number of nitrogens with two attached hydrogens (primary N) is 1. The van der Waals surface area contributed by atoms with Crippen LogP contribution < -0.4 is 5.73 Å². The molecule has 0 unspecified atom stereocenters. The van der Waals surface area contributed by atoms with Crippen LogP contribution in [0.25, 0.3) is 0 Å². The van der Waals surface area contributed by atoms with E-state index in [0.29, 0.717) is 0 Å². The van der Waals surface area contributed by atoms with Crippen LogP contribution in [0.15, 0.2) is 36.9 Å². The maximum Gasteiger partial charge on any atom is 0.115 e. The summed E-state index contributed by atoms with van der Waals surface area (Å²) in [5, 5.41) is 8.94. The Balaban J connectivity index is 2.89. The Labute approximate surface area is 66.0 Å². The average molecular weight is 149 g/mol. The lowest BCUT2D eigenvalue weighted by Crippen LogP contribution is -2.05. The van der Waals surface area contributed by atoms with E-state index in [-0.39, 0.29) is 11.8 Å². The third-order valence-electron chi connectivity index (χ3n) is 1.53. The van der Waals surface area contributed by atoms with E-state index in [9.17, 15) is 0 Å². The lowest BCUT2D eigenvalue weighted by atomic mass is 10.1. The molecule has 0 heterocycles. The largest absolute Gasteiger partial charge is 0.508 e. The Morgan fingerprint density at radius 3 is 2.36 bits per heavy atom. The molecule has 1 rings (SSSR count). The number of benzene rings is 1. The highest BCUT2D eigenvalue weighted by atomic mass is 16.3. The average Bonchev–Trinajstić information content (AvgIpc) is 2.05. The van der Waals surface area contributed by atoms with Crippen molar-refractivity contribution in [1.82, 2.24) is 0 Å². The van der Waals surface area contributed by atoms with Gasteiger partial charge in [-0.25, -0.2) is 0 Å². The minimum atomic E-state index is -0.143. The van der Waals surface area contributed by atoms with Gasteiger partial charge in [-0.05, 0) is 17.7 Å². The fraction of sp³-hybridized carbons (Fsp3) is 0.111. The summed E-state index contributed by atoms with van der Waals surface area (Å²) in [5.74, 6) is 0.255. The molecule has 1 aromatic carbocycles. The zero-order valence-electron chi connectivity index (χ0n) is 6.20. The summed E-state index contributed by atoms with van der Waals surface area (Å²) < 4.78 is 0. The number of hydrogen-bond donors (Lipinski definition) is 2. The Kier molecular flexibility index (Phi) is 2.28. The van der Waals surface area contributed by atoms with Crippen molar-refractivity contribution in [2.75, 3.05) is 0 Å². The van der Waals surface area contributed by atoms with E-state index in [0.717, 1.165) is 5.56 Å². The zero-order valence-corrected chi connectivity index (χ0v) is 6.20. The third-order valence-corrected chi connectivity index (χ3v) is 1.53. The number of phenols is 1. The van der Waals surface area contributed by atoms with E-state index in [1.54, 1.807) is 30.3 Å². The molecule has 0 aliphatic rings. The molecular formula is C9H11NO. The fourth-order valence-electron chi connectivity index (χ4n) is 0.833. The van der Waals surface area contributed by atoms with Crippen molar-refractivity contribution < 1.29 is 5.11 Å². The molecule has 1 atom stereocenters. The maximum atomic E-state index is 8.94. The molecule has 0 aromatic heterocycles. The lowest BCUT2D eigenvalue weighted by Gasteiger charge is -2.04. The van der Waals surface area contributed by atoms with Gasteiger partial charge in [0.2, 0.25) is 0 Å². The van der Waals surface area contributed by atoms with Crippen LogP contribution in [0.1, 0.15) is 11.6 Å². The van der Waals surface area contributed by atoms with E-state index >= 15 is 0 Å². The molecule has 2 heteroatoms. The van der Waals surface area contributed by atoms with Crippen LogP contribution in [0, 0.1) is 0 Å². The van der Waals surface area contributed by atoms with Crippen molar-refractivity contribution in [3.05, 3.63) is 42.5 Å². The summed E-state index contributed by atoms with van der Waals surface area (Å²) in [6, 6.07) is 6.64. The lowest BCUT2D eigenvalue weighted by molar-refractivity contribution is 0.475. The standard InChI is InChI=1S/C9H11NO/c1-2-9(10)7-3-5-8(11)6-4-7/h2-6,9,11H,1,10H2/t9-/m1/s1. The highest BCUT2D eigenvalue weighted by molar-refractivity contribution is 5.29. The topological polar surface area (TPSA) is 46.2 Å². The van der Waals surface area contributed by atoms with Crippen molar-refractivity contribution in [2.45, 2.75) is 6.04 Å². The maximum absolute atomic E-state index is 8.94. The number of phenolic OH excluding ortho intramolecular Hbond substituents is 1. The molecule has 0 saturated heterocycles. The third kappa shape index (κ3) is 1.82. The van der Waals surface area contributed by atoms with E-state index in [1.807, 2.05) is 0 Å². The minimum absolute atomic E-state index is 0.143. The smallest absolute Gasteiger partial charge is 0.115 e. The van der Waals surface area contributed by atoms with Crippen LogP contribution >= 0.6 is 0 Å². The van der Waals surface area contributed by atoms with Crippen LogP contribution in [0.3, 0.4) is 0 Å². The van der Waals surface area contributed by atoms with Gasteiger partial charge in [-0.15, -0.1) is 6.58 Å². The van der Waals surface area contributed by atoms with E-state index in [4.69, 9.17) is 10.8 Å². The summed E-state index contributed by atoms with van der Waals surface area (Å²) in [7, 11) is 0. The van der Waals surface area contributed by atoms with Crippen LogP contribution in [0.2, 0.25) is 0 Å². The van der Waals surface area contributed by atoms with Crippen LogP contribution in [-0.2, 0) is 0 Å². The summed E-state index contributed by atoms with van der Waals surface area (Å²) in [6.45, 7) is 3.57. The van der Waals surface area contributed by atoms with Crippen molar-refractivity contribution in [1.29, 1.82) is 0 Å². The van der Waals surface area contributed by atoms with Gasteiger partial charge in [0, 0.05) is 6.04 Å². The number of rotatable bonds is 2. The highest BCUT2D eigenvalue weighted by Gasteiger charge is 1.98. The quantitative estimate of drug-likeness (QED) is 0.627. The molecule has 2 nitrogen and oxygen atoms in total. The zero-order chi connectivity index (χ0) is 8.27. The Hall–Kier alpha value is -1.28. The second-order valence-corrected chi connectivity index (χ2v) is 2.35. The molecular weight excluding hydrogens is 138 g/mol. The first-order chi connectivity index (χ1) is 5.24. The van der Waals surface area contributed by atoms with Gasteiger partial charge in [0.1, 0.15) is 5.75 Å². The second-order valence-electron chi connectivity index (χ2n) is 2.35. The second kappa shape index (κ2) is 3.21. The molecule has 0 aliphatic carbocycles. The molecule has 0 radical (unpaired) electrons. The Morgan fingerprint density at radius 1 is 1.36 bits per heavy atom. The van der Waals surface area contributed by atoms with Crippen molar-refractivity contribution in [3.8, 4) is 5.75 Å². The Bertz CT molecular complexity index is 240. The predicted molar refractivity (Wildman–Crippen MR) is 45.2 cm³/mol. The number of aromatic hydroxyl groups is 1. The number of hydrogen-bond acceptors (Lipinski definition) is 2. The minimum Gasteiger partial charge on any atom is -0.508 e. The van der Waals surface area contributed by atoms with Gasteiger partial charge in [0.15, 0.2) is 0 Å². The molecule has 11 heavy (non-hydrogen) atoms. The molecule has 0 saturated carbocycles. The summed E-state index contributed by atoms with van der Waals surface area (Å²) >= 11 is 0. The molecule has 3 N–H and O–H groups in total. The van der Waals surface area contributed by atoms with Gasteiger partial charge in [0.25, 0.3) is 0 Å². The fourth-order valence-corrected chi connectivity index (χ4v) is 0.833. The monoisotopic (exact) mass is 149 g/mol.